The van der Waals surface area contributed by atoms with Crippen molar-refractivity contribution in [3.05, 3.63) is 35.7 Å². The second-order valence-electron chi connectivity index (χ2n) is 4.56. The van der Waals surface area contributed by atoms with Gasteiger partial charge in [0.25, 0.3) is 5.91 Å². The van der Waals surface area contributed by atoms with Crippen LogP contribution in [0.25, 0.3) is 11.1 Å². The average Bonchev–Trinajstić information content (AvgIpc) is 3.12. The van der Waals surface area contributed by atoms with Gasteiger partial charge in [-0.1, -0.05) is 13.8 Å². The van der Waals surface area contributed by atoms with E-state index in [1.54, 1.807) is 18.2 Å². The van der Waals surface area contributed by atoms with Gasteiger partial charge in [0, 0.05) is 18.5 Å². The molecular formula is C14H15N5O2. The summed E-state index contributed by atoms with van der Waals surface area (Å²) in [7, 11) is 0. The Balaban J connectivity index is 1.81. The number of oxazole rings is 1. The minimum atomic E-state index is -0.357. The Hall–Kier alpha value is -2.70. The SMILES string of the molecule is CCc1nc(C(=O)Nc2ccc3oc(CC)nc3c2)n[nH]1. The topological polar surface area (TPSA) is 96.7 Å². The number of hydrogen-bond donors (Lipinski definition) is 2. The van der Waals surface area contributed by atoms with Gasteiger partial charge >= 0.3 is 0 Å². The zero-order valence-corrected chi connectivity index (χ0v) is 11.8. The minimum Gasteiger partial charge on any atom is -0.441 e. The molecule has 0 bridgehead atoms. The molecule has 2 heterocycles. The molecule has 108 valence electrons. The first-order chi connectivity index (χ1) is 10.2. The van der Waals surface area contributed by atoms with Crippen molar-refractivity contribution in [2.24, 2.45) is 0 Å². The van der Waals surface area contributed by atoms with Crippen molar-refractivity contribution in [2.75, 3.05) is 5.32 Å². The molecular weight excluding hydrogens is 270 g/mol. The molecule has 0 unspecified atom stereocenters. The smallest absolute Gasteiger partial charge is 0.295 e. The van der Waals surface area contributed by atoms with E-state index in [0.717, 1.165) is 6.42 Å². The number of H-pyrrole nitrogens is 1. The highest BCUT2D eigenvalue weighted by Crippen LogP contribution is 2.20. The molecule has 0 spiro atoms. The lowest BCUT2D eigenvalue weighted by atomic mass is 10.3. The van der Waals surface area contributed by atoms with Crippen LogP contribution in [0.15, 0.2) is 22.6 Å². The number of aromatic amines is 1. The Bertz CT molecular complexity index is 790. The fourth-order valence-electron chi connectivity index (χ4n) is 1.95. The zero-order valence-electron chi connectivity index (χ0n) is 11.8. The van der Waals surface area contributed by atoms with Crippen molar-refractivity contribution in [1.29, 1.82) is 0 Å². The summed E-state index contributed by atoms with van der Waals surface area (Å²) in [5, 5.41) is 9.34. The Morgan fingerprint density at radius 2 is 2.14 bits per heavy atom. The number of nitrogens with zero attached hydrogens (tertiary/aromatic N) is 3. The van der Waals surface area contributed by atoms with E-state index in [1.165, 1.54) is 0 Å². The molecule has 2 aromatic heterocycles. The van der Waals surface area contributed by atoms with E-state index in [-0.39, 0.29) is 11.7 Å². The summed E-state index contributed by atoms with van der Waals surface area (Å²) >= 11 is 0. The molecule has 0 radical (unpaired) electrons. The van der Waals surface area contributed by atoms with Crippen LogP contribution in [0.2, 0.25) is 0 Å². The van der Waals surface area contributed by atoms with Gasteiger partial charge in [-0.05, 0) is 18.2 Å². The fraction of sp³-hybridized carbons (Fsp3) is 0.286. The van der Waals surface area contributed by atoms with Gasteiger partial charge in [0.15, 0.2) is 11.5 Å². The highest BCUT2D eigenvalue weighted by atomic mass is 16.3. The summed E-state index contributed by atoms with van der Waals surface area (Å²) in [6.45, 7) is 3.91. The van der Waals surface area contributed by atoms with Crippen LogP contribution in [0.4, 0.5) is 5.69 Å². The van der Waals surface area contributed by atoms with Crippen LogP contribution in [0.3, 0.4) is 0 Å². The lowest BCUT2D eigenvalue weighted by Crippen LogP contribution is -2.13. The first-order valence-electron chi connectivity index (χ1n) is 6.81. The maximum absolute atomic E-state index is 12.0. The number of fused-ring (bicyclic) bond motifs is 1. The molecule has 2 N–H and O–H groups in total. The standard InChI is InChI=1S/C14H15N5O2/c1-3-11-17-13(19-18-11)14(20)15-8-5-6-10-9(7-8)16-12(4-2)21-10/h5-7H,3-4H2,1-2H3,(H,15,20)(H,17,18,19). The normalized spacial score (nSPS) is 11.0. The number of nitrogens with one attached hydrogen (secondary N) is 2. The second kappa shape index (κ2) is 5.35. The van der Waals surface area contributed by atoms with Gasteiger partial charge < -0.3 is 9.73 Å². The van der Waals surface area contributed by atoms with Crippen molar-refractivity contribution in [1.82, 2.24) is 20.2 Å². The van der Waals surface area contributed by atoms with Crippen LogP contribution in [0.1, 0.15) is 36.2 Å². The van der Waals surface area contributed by atoms with E-state index in [0.29, 0.717) is 34.9 Å². The largest absolute Gasteiger partial charge is 0.441 e. The minimum absolute atomic E-state index is 0.126. The lowest BCUT2D eigenvalue weighted by Gasteiger charge is -2.01. The number of rotatable bonds is 4. The molecule has 7 heteroatoms. The van der Waals surface area contributed by atoms with E-state index >= 15 is 0 Å². The maximum atomic E-state index is 12.0. The van der Waals surface area contributed by atoms with E-state index < -0.39 is 0 Å². The molecule has 1 amide bonds. The van der Waals surface area contributed by atoms with Crippen molar-refractivity contribution >= 4 is 22.7 Å². The quantitative estimate of drug-likeness (QED) is 0.766. The van der Waals surface area contributed by atoms with Gasteiger partial charge in [-0.25, -0.2) is 9.97 Å². The number of benzene rings is 1. The molecule has 3 aromatic rings. The number of aromatic nitrogens is 4. The molecule has 0 aliphatic carbocycles. The number of aryl methyl sites for hydroxylation is 2. The predicted octanol–water partition coefficient (Wildman–Crippen LogP) is 2.32. The summed E-state index contributed by atoms with van der Waals surface area (Å²) in [5.41, 5.74) is 2.05. The highest BCUT2D eigenvalue weighted by molar-refractivity contribution is 6.02. The van der Waals surface area contributed by atoms with E-state index in [4.69, 9.17) is 4.42 Å². The molecule has 7 nitrogen and oxygen atoms in total. The molecule has 0 saturated carbocycles. The Morgan fingerprint density at radius 3 is 2.86 bits per heavy atom. The molecule has 3 rings (SSSR count). The molecule has 21 heavy (non-hydrogen) atoms. The van der Waals surface area contributed by atoms with Gasteiger partial charge in [0.2, 0.25) is 5.82 Å². The number of hydrogen-bond acceptors (Lipinski definition) is 5. The van der Waals surface area contributed by atoms with Crippen LogP contribution in [0.5, 0.6) is 0 Å². The third-order valence-corrected chi connectivity index (χ3v) is 3.06. The second-order valence-corrected chi connectivity index (χ2v) is 4.56. The fourth-order valence-corrected chi connectivity index (χ4v) is 1.95. The summed E-state index contributed by atoms with van der Waals surface area (Å²) in [6, 6.07) is 5.31. The monoisotopic (exact) mass is 285 g/mol. The average molecular weight is 285 g/mol. The maximum Gasteiger partial charge on any atom is 0.295 e. The Labute approximate surface area is 120 Å². The predicted molar refractivity (Wildman–Crippen MR) is 77.1 cm³/mol. The molecule has 0 atom stereocenters. The summed E-state index contributed by atoms with van der Waals surface area (Å²) in [6.07, 6.45) is 1.43. The Morgan fingerprint density at radius 1 is 1.29 bits per heavy atom. The van der Waals surface area contributed by atoms with Crippen LogP contribution >= 0.6 is 0 Å². The van der Waals surface area contributed by atoms with Crippen molar-refractivity contribution in [3.63, 3.8) is 0 Å². The van der Waals surface area contributed by atoms with Crippen LogP contribution in [-0.4, -0.2) is 26.1 Å². The molecule has 0 aliphatic heterocycles. The van der Waals surface area contributed by atoms with Crippen LogP contribution < -0.4 is 5.32 Å². The zero-order chi connectivity index (χ0) is 14.8. The molecule has 0 saturated heterocycles. The van der Waals surface area contributed by atoms with Crippen molar-refractivity contribution in [2.45, 2.75) is 26.7 Å². The van der Waals surface area contributed by atoms with Crippen molar-refractivity contribution < 1.29 is 9.21 Å². The van der Waals surface area contributed by atoms with Gasteiger partial charge in [-0.3, -0.25) is 9.89 Å². The Kier molecular flexibility index (Phi) is 3.39. The summed E-state index contributed by atoms with van der Waals surface area (Å²) in [5.74, 6) is 1.13. The lowest BCUT2D eigenvalue weighted by molar-refractivity contribution is 0.101. The van der Waals surface area contributed by atoms with Gasteiger partial charge in [0.05, 0.1) is 0 Å². The number of carbonyl (C=O) groups is 1. The molecule has 0 fully saturated rings. The first kappa shape index (κ1) is 13.3. The highest BCUT2D eigenvalue weighted by Gasteiger charge is 2.13. The molecule has 1 aromatic carbocycles. The first-order valence-corrected chi connectivity index (χ1v) is 6.81. The van der Waals surface area contributed by atoms with Gasteiger partial charge in [0.1, 0.15) is 11.3 Å². The number of amides is 1. The number of anilines is 1. The van der Waals surface area contributed by atoms with Gasteiger partial charge in [-0.2, -0.15) is 0 Å². The van der Waals surface area contributed by atoms with Crippen LogP contribution in [-0.2, 0) is 12.8 Å². The van der Waals surface area contributed by atoms with Crippen molar-refractivity contribution in [3.8, 4) is 0 Å². The van der Waals surface area contributed by atoms with E-state index in [1.807, 2.05) is 13.8 Å². The number of carbonyl (C=O) groups excluding carboxylic acids is 1. The summed E-state index contributed by atoms with van der Waals surface area (Å²) < 4.78 is 5.53. The molecule has 0 aliphatic rings. The summed E-state index contributed by atoms with van der Waals surface area (Å²) in [4.78, 5) is 20.5. The van der Waals surface area contributed by atoms with E-state index in [2.05, 4.69) is 25.5 Å². The third kappa shape index (κ3) is 2.62. The van der Waals surface area contributed by atoms with Gasteiger partial charge in [-0.15, -0.1) is 5.10 Å². The van der Waals surface area contributed by atoms with Crippen LogP contribution in [0, 0.1) is 0 Å². The van der Waals surface area contributed by atoms with E-state index in [9.17, 15) is 4.79 Å². The third-order valence-electron chi connectivity index (χ3n) is 3.06.